The summed E-state index contributed by atoms with van der Waals surface area (Å²) >= 11 is 0. The van der Waals surface area contributed by atoms with E-state index >= 15 is 0 Å². The molecule has 0 bridgehead atoms. The summed E-state index contributed by atoms with van der Waals surface area (Å²) in [5, 5.41) is 2.64. The van der Waals surface area contributed by atoms with Gasteiger partial charge in [-0.05, 0) is 12.1 Å². The summed E-state index contributed by atoms with van der Waals surface area (Å²) in [5.74, 6) is -0.0762. The number of anilines is 1. The zero-order chi connectivity index (χ0) is 13.5. The molecular weight excluding hydrogens is 232 g/mol. The van der Waals surface area contributed by atoms with Crippen LogP contribution in [0, 0.1) is 0 Å². The van der Waals surface area contributed by atoms with Crippen LogP contribution in [0.2, 0.25) is 0 Å². The lowest BCUT2D eigenvalue weighted by Gasteiger charge is -2.15. The Morgan fingerprint density at radius 3 is 2.78 bits per heavy atom. The van der Waals surface area contributed by atoms with E-state index in [0.29, 0.717) is 17.9 Å². The van der Waals surface area contributed by atoms with Crippen LogP contribution in [0.5, 0.6) is 0 Å². The minimum atomic E-state index is -0.438. The fraction of sp³-hybridized carbons (Fsp3) is 0.250. The Bertz CT molecular complexity index is 442. The molecule has 1 rings (SSSR count). The average molecular weight is 248 g/mol. The molecule has 6 nitrogen and oxygen atoms in total. The van der Waals surface area contributed by atoms with Crippen molar-refractivity contribution in [2.45, 2.75) is 0 Å². The van der Waals surface area contributed by atoms with Gasteiger partial charge in [-0.15, -0.1) is 6.58 Å². The van der Waals surface area contributed by atoms with Gasteiger partial charge in [0, 0.05) is 19.8 Å². The number of rotatable bonds is 6. The first-order valence-electron chi connectivity index (χ1n) is 5.39. The van der Waals surface area contributed by atoms with Crippen LogP contribution in [0.15, 0.2) is 31.0 Å². The number of nitrogens with zero attached hydrogens (tertiary/aromatic N) is 2. The van der Waals surface area contributed by atoms with Crippen molar-refractivity contribution in [3.05, 3.63) is 36.5 Å². The molecule has 96 valence electrons. The highest BCUT2D eigenvalue weighted by atomic mass is 16.2. The van der Waals surface area contributed by atoms with Crippen LogP contribution in [-0.4, -0.2) is 36.9 Å². The van der Waals surface area contributed by atoms with Gasteiger partial charge in [-0.3, -0.25) is 9.59 Å². The first kappa shape index (κ1) is 13.7. The summed E-state index contributed by atoms with van der Waals surface area (Å²) in [6.45, 7) is 3.99. The van der Waals surface area contributed by atoms with Gasteiger partial charge in [0.05, 0.1) is 12.1 Å². The van der Waals surface area contributed by atoms with E-state index in [4.69, 9.17) is 5.73 Å². The predicted octanol–water partition coefficient (Wildman–Crippen LogP) is -0.0811. The number of aromatic nitrogens is 1. The number of amides is 2. The van der Waals surface area contributed by atoms with Crippen molar-refractivity contribution in [1.29, 1.82) is 0 Å². The molecule has 18 heavy (non-hydrogen) atoms. The molecule has 0 saturated carbocycles. The summed E-state index contributed by atoms with van der Waals surface area (Å²) in [7, 11) is 1.70. The van der Waals surface area contributed by atoms with E-state index in [1.807, 2.05) is 0 Å². The average Bonchev–Trinajstić information content (AvgIpc) is 2.35. The molecule has 0 spiro atoms. The Labute approximate surface area is 105 Å². The van der Waals surface area contributed by atoms with Crippen LogP contribution in [0.4, 0.5) is 5.82 Å². The number of pyridine rings is 1. The summed E-state index contributed by atoms with van der Waals surface area (Å²) in [6.07, 6.45) is 3.05. The Morgan fingerprint density at radius 1 is 1.56 bits per heavy atom. The Balaban J connectivity index is 2.70. The van der Waals surface area contributed by atoms with Crippen molar-refractivity contribution in [2.75, 3.05) is 25.0 Å². The van der Waals surface area contributed by atoms with Crippen LogP contribution in [0.25, 0.3) is 0 Å². The molecule has 6 heteroatoms. The number of carbonyl (C=O) groups is 2. The zero-order valence-electron chi connectivity index (χ0n) is 10.2. The van der Waals surface area contributed by atoms with Gasteiger partial charge in [0.25, 0.3) is 5.91 Å². The molecule has 0 aliphatic rings. The molecule has 0 fully saturated rings. The number of hydrogen-bond donors (Lipinski definition) is 2. The van der Waals surface area contributed by atoms with E-state index in [2.05, 4.69) is 16.9 Å². The monoisotopic (exact) mass is 248 g/mol. The van der Waals surface area contributed by atoms with Gasteiger partial charge >= 0.3 is 0 Å². The van der Waals surface area contributed by atoms with Crippen LogP contribution < -0.4 is 16.0 Å². The summed E-state index contributed by atoms with van der Waals surface area (Å²) in [6, 6.07) is 3.30. The van der Waals surface area contributed by atoms with Crippen molar-refractivity contribution in [1.82, 2.24) is 10.3 Å². The van der Waals surface area contributed by atoms with E-state index in [1.165, 1.54) is 6.20 Å². The van der Waals surface area contributed by atoms with Crippen LogP contribution in [-0.2, 0) is 4.79 Å². The van der Waals surface area contributed by atoms with Gasteiger partial charge in [0.1, 0.15) is 5.82 Å². The third-order valence-corrected chi connectivity index (χ3v) is 2.20. The number of nitrogens with two attached hydrogens (primary N) is 1. The van der Waals surface area contributed by atoms with Gasteiger partial charge in [-0.2, -0.15) is 0 Å². The minimum absolute atomic E-state index is 0.0784. The van der Waals surface area contributed by atoms with E-state index in [9.17, 15) is 9.59 Å². The van der Waals surface area contributed by atoms with Crippen molar-refractivity contribution in [3.63, 3.8) is 0 Å². The number of nitrogens with one attached hydrogen (secondary N) is 1. The Hall–Kier alpha value is -2.37. The van der Waals surface area contributed by atoms with Gasteiger partial charge < -0.3 is 16.0 Å². The molecule has 0 radical (unpaired) electrons. The largest absolute Gasteiger partial charge is 0.368 e. The summed E-state index contributed by atoms with van der Waals surface area (Å²) in [5.41, 5.74) is 5.53. The fourth-order valence-electron chi connectivity index (χ4n) is 1.33. The second-order valence-corrected chi connectivity index (χ2v) is 3.73. The second-order valence-electron chi connectivity index (χ2n) is 3.73. The predicted molar refractivity (Wildman–Crippen MR) is 69.2 cm³/mol. The van der Waals surface area contributed by atoms with E-state index < -0.39 is 5.91 Å². The maximum Gasteiger partial charge on any atom is 0.253 e. The lowest BCUT2D eigenvalue weighted by Crippen LogP contribution is -2.31. The molecular formula is C12H16N4O2. The van der Waals surface area contributed by atoms with Crippen molar-refractivity contribution in [2.24, 2.45) is 5.73 Å². The molecule has 0 aliphatic carbocycles. The van der Waals surface area contributed by atoms with E-state index in [-0.39, 0.29) is 12.5 Å². The van der Waals surface area contributed by atoms with Gasteiger partial charge in [-0.1, -0.05) is 6.08 Å². The first-order chi connectivity index (χ1) is 8.54. The highest BCUT2D eigenvalue weighted by molar-refractivity contribution is 5.94. The molecule has 1 aromatic rings. The second kappa shape index (κ2) is 6.39. The highest BCUT2D eigenvalue weighted by Crippen LogP contribution is 2.09. The first-order valence-corrected chi connectivity index (χ1v) is 5.39. The molecule has 3 N–H and O–H groups in total. The van der Waals surface area contributed by atoms with Crippen LogP contribution in [0.3, 0.4) is 0 Å². The smallest absolute Gasteiger partial charge is 0.253 e. The summed E-state index contributed by atoms with van der Waals surface area (Å²) < 4.78 is 0. The lowest BCUT2D eigenvalue weighted by atomic mass is 10.2. The molecule has 1 heterocycles. The Kier molecular flexibility index (Phi) is 4.86. The lowest BCUT2D eigenvalue weighted by molar-refractivity contribution is -0.116. The quantitative estimate of drug-likeness (QED) is 0.689. The number of likely N-dealkylation sites (N-methyl/N-ethyl adjacent to an activating group) is 1. The van der Waals surface area contributed by atoms with Crippen LogP contribution in [0.1, 0.15) is 10.4 Å². The van der Waals surface area contributed by atoms with Gasteiger partial charge in [0.15, 0.2) is 0 Å². The normalized spacial score (nSPS) is 9.61. The van der Waals surface area contributed by atoms with Gasteiger partial charge in [0.2, 0.25) is 5.91 Å². The van der Waals surface area contributed by atoms with E-state index in [0.717, 1.165) is 0 Å². The molecule has 0 atom stereocenters. The maximum atomic E-state index is 11.6. The van der Waals surface area contributed by atoms with Gasteiger partial charge in [-0.25, -0.2) is 4.98 Å². The Morgan fingerprint density at radius 2 is 2.28 bits per heavy atom. The van der Waals surface area contributed by atoms with Crippen molar-refractivity contribution in [3.8, 4) is 0 Å². The standard InChI is InChI=1S/C12H16N4O2/c1-3-6-14-12(18)9-4-5-11(15-7-9)16(2)8-10(13)17/h3-5,7H,1,6,8H2,2H3,(H2,13,17)(H,14,18). The number of primary amides is 1. The SMILES string of the molecule is C=CCNC(=O)c1ccc(N(C)CC(N)=O)nc1. The van der Waals surface area contributed by atoms with Crippen LogP contribution >= 0.6 is 0 Å². The topological polar surface area (TPSA) is 88.3 Å². The molecule has 0 unspecified atom stereocenters. The third-order valence-electron chi connectivity index (χ3n) is 2.20. The fourth-order valence-corrected chi connectivity index (χ4v) is 1.33. The molecule has 0 aliphatic heterocycles. The molecule has 0 aromatic carbocycles. The van der Waals surface area contributed by atoms with Crippen molar-refractivity contribution < 1.29 is 9.59 Å². The van der Waals surface area contributed by atoms with Crippen molar-refractivity contribution >= 4 is 17.6 Å². The molecule has 2 amide bonds. The minimum Gasteiger partial charge on any atom is -0.368 e. The number of carbonyl (C=O) groups excluding carboxylic acids is 2. The molecule has 1 aromatic heterocycles. The highest BCUT2D eigenvalue weighted by Gasteiger charge is 2.08. The zero-order valence-corrected chi connectivity index (χ0v) is 10.2. The molecule has 0 saturated heterocycles. The van der Waals surface area contributed by atoms with E-state index in [1.54, 1.807) is 30.2 Å². The third kappa shape index (κ3) is 3.89. The maximum absolute atomic E-state index is 11.6. The summed E-state index contributed by atoms with van der Waals surface area (Å²) in [4.78, 5) is 28.0. The number of hydrogen-bond acceptors (Lipinski definition) is 4.